The number of aromatic nitrogens is 2. The zero-order valence-electron chi connectivity index (χ0n) is 29.6. The molecule has 1 rings (SSSR count). The highest BCUT2D eigenvalue weighted by atomic mass is 32.2. The molecule has 6 amide bonds. The second-order valence-corrected chi connectivity index (χ2v) is 13.3. The van der Waals surface area contributed by atoms with Crippen molar-refractivity contribution in [2.45, 2.75) is 96.6 Å². The van der Waals surface area contributed by atoms with Crippen LogP contribution < -0.4 is 37.6 Å². The molecule has 0 aliphatic heterocycles. The van der Waals surface area contributed by atoms with Gasteiger partial charge in [-0.2, -0.15) is 11.8 Å². The molecule has 1 aromatic heterocycles. The van der Waals surface area contributed by atoms with Crippen molar-refractivity contribution in [3.63, 3.8) is 0 Å². The molecule has 0 radical (unpaired) electrons. The Hall–Kier alpha value is -4.72. The summed E-state index contributed by atoms with van der Waals surface area (Å²) in [5.41, 5.74) is 6.21. The molecule has 0 saturated heterocycles. The lowest BCUT2D eigenvalue weighted by molar-refractivity contribution is -0.144. The quantitative estimate of drug-likeness (QED) is 0.0573. The first kappa shape index (κ1) is 44.3. The van der Waals surface area contributed by atoms with Gasteiger partial charge in [-0.3, -0.25) is 33.6 Å². The number of imidazole rings is 1. The lowest BCUT2D eigenvalue weighted by Gasteiger charge is -2.27. The van der Waals surface area contributed by atoms with E-state index in [1.54, 1.807) is 27.7 Å². The topological polar surface area (TPSA) is 304 Å². The Kier molecular flexibility index (Phi) is 19.3. The minimum absolute atomic E-state index is 0.179. The number of carbonyl (C=O) groups is 8. The number of nitrogens with one attached hydrogen (secondary N) is 7. The highest BCUT2D eigenvalue weighted by Gasteiger charge is 2.34. The molecule has 19 nitrogen and oxygen atoms in total. The second kappa shape index (κ2) is 22.2. The van der Waals surface area contributed by atoms with Crippen LogP contribution in [0.25, 0.3) is 0 Å². The first-order valence-corrected chi connectivity index (χ1v) is 17.8. The van der Waals surface area contributed by atoms with Crippen molar-refractivity contribution in [2.24, 2.45) is 17.6 Å². The Morgan fingerprint density at radius 1 is 0.843 bits per heavy atom. The first-order valence-electron chi connectivity index (χ1n) is 16.4. The van der Waals surface area contributed by atoms with Crippen LogP contribution in [0.4, 0.5) is 0 Å². The molecule has 11 N–H and O–H groups in total. The van der Waals surface area contributed by atoms with E-state index in [2.05, 4.69) is 41.9 Å². The number of hydrogen-bond donors (Lipinski definition) is 10. The van der Waals surface area contributed by atoms with Crippen LogP contribution in [0, 0.1) is 11.8 Å². The van der Waals surface area contributed by atoms with E-state index >= 15 is 0 Å². The van der Waals surface area contributed by atoms with Crippen LogP contribution in [-0.4, -0.2) is 122 Å². The maximum atomic E-state index is 13.4. The number of aromatic amines is 1. The standard InChI is InChI=1S/C31H51N9O10S/c1-7-16(4)25(31(49)50)40-29(47)20(10-18-12-33-14-35-18)37-28(46)21(11-23(42)43)38-30(48)24(15(2)3)39-22(41)13-34-26(44)17(5)36-27(45)19(32)8-9-51-6/h12,14-17,19-21,24-25H,7-11,13,32H2,1-6H3,(H,33,35)(H,34,44)(H,36,45)(H,37,46)(H,38,48)(H,39,41)(H,40,47)(H,42,43)(H,49,50)/t16-,17-,19-,20-,21-,24-,25-/m0/s1. The van der Waals surface area contributed by atoms with Crippen molar-refractivity contribution < 1.29 is 48.6 Å². The van der Waals surface area contributed by atoms with E-state index in [0.29, 0.717) is 24.3 Å². The van der Waals surface area contributed by atoms with Crippen molar-refractivity contribution in [3.8, 4) is 0 Å². The molecule has 0 spiro atoms. The molecular weight excluding hydrogens is 690 g/mol. The molecule has 0 aromatic carbocycles. The molecule has 0 aliphatic rings. The van der Waals surface area contributed by atoms with Gasteiger partial charge in [0.05, 0.1) is 25.3 Å². The molecule has 0 aliphatic carbocycles. The van der Waals surface area contributed by atoms with Crippen molar-refractivity contribution in [3.05, 3.63) is 18.2 Å². The van der Waals surface area contributed by atoms with Crippen molar-refractivity contribution in [1.82, 2.24) is 41.9 Å². The average molecular weight is 742 g/mol. The summed E-state index contributed by atoms with van der Waals surface area (Å²) in [6, 6.07) is -7.53. The number of nitrogens with two attached hydrogens (primary N) is 1. The highest BCUT2D eigenvalue weighted by Crippen LogP contribution is 2.10. The van der Waals surface area contributed by atoms with Gasteiger partial charge in [-0.15, -0.1) is 0 Å². The number of H-pyrrole nitrogens is 1. The molecule has 20 heteroatoms. The zero-order valence-corrected chi connectivity index (χ0v) is 30.4. The molecule has 0 bridgehead atoms. The summed E-state index contributed by atoms with van der Waals surface area (Å²) in [6.45, 7) is 7.36. The second-order valence-electron chi connectivity index (χ2n) is 12.3. The molecule has 0 unspecified atom stereocenters. The maximum absolute atomic E-state index is 13.4. The van der Waals surface area contributed by atoms with Gasteiger partial charge in [-0.25, -0.2) is 9.78 Å². The number of hydrogen-bond acceptors (Lipinski definition) is 11. The van der Waals surface area contributed by atoms with Gasteiger partial charge >= 0.3 is 11.9 Å². The van der Waals surface area contributed by atoms with Crippen molar-refractivity contribution in [1.29, 1.82) is 0 Å². The summed E-state index contributed by atoms with van der Waals surface area (Å²) in [5, 5.41) is 33.6. The third kappa shape index (κ3) is 15.8. The van der Waals surface area contributed by atoms with Gasteiger partial charge in [0, 0.05) is 18.3 Å². The fourth-order valence-electron chi connectivity index (χ4n) is 4.52. The first-order chi connectivity index (χ1) is 23.9. The molecule has 1 aromatic rings. The van der Waals surface area contributed by atoms with E-state index in [-0.39, 0.29) is 6.42 Å². The number of carboxylic acid groups (broad SMARTS) is 2. The third-order valence-corrected chi connectivity index (χ3v) is 8.45. The van der Waals surface area contributed by atoms with Crippen LogP contribution in [0.2, 0.25) is 0 Å². The Balaban J connectivity index is 3.02. The lowest BCUT2D eigenvalue weighted by atomic mass is 9.98. The molecule has 7 atom stereocenters. The number of thioether (sulfide) groups is 1. The normalized spacial score (nSPS) is 15.1. The molecule has 51 heavy (non-hydrogen) atoms. The van der Waals surface area contributed by atoms with E-state index in [1.165, 1.54) is 31.2 Å². The largest absolute Gasteiger partial charge is 0.481 e. The zero-order chi connectivity index (χ0) is 38.8. The number of carboxylic acids is 2. The van der Waals surface area contributed by atoms with E-state index < -0.39 is 108 Å². The third-order valence-electron chi connectivity index (χ3n) is 7.81. The predicted molar refractivity (Wildman–Crippen MR) is 186 cm³/mol. The molecular formula is C31H51N9O10S. The Labute approximate surface area is 300 Å². The number of nitrogens with zero attached hydrogens (tertiary/aromatic N) is 1. The van der Waals surface area contributed by atoms with Crippen LogP contribution in [0.15, 0.2) is 12.5 Å². The average Bonchev–Trinajstić information content (AvgIpc) is 3.58. The van der Waals surface area contributed by atoms with Crippen LogP contribution in [-0.2, 0) is 44.8 Å². The summed E-state index contributed by atoms with van der Waals surface area (Å²) in [6.07, 6.45) is 4.32. The van der Waals surface area contributed by atoms with Crippen LogP contribution in [0.3, 0.4) is 0 Å². The van der Waals surface area contributed by atoms with Gasteiger partial charge in [0.2, 0.25) is 35.4 Å². The van der Waals surface area contributed by atoms with Gasteiger partial charge in [-0.05, 0) is 37.2 Å². The van der Waals surface area contributed by atoms with E-state index in [4.69, 9.17) is 5.73 Å². The Morgan fingerprint density at radius 2 is 1.47 bits per heavy atom. The van der Waals surface area contributed by atoms with Gasteiger partial charge in [-0.1, -0.05) is 34.1 Å². The molecule has 1 heterocycles. The minimum atomic E-state index is -1.72. The fraction of sp³-hybridized carbons (Fsp3) is 0.645. The Bertz CT molecular complexity index is 1360. The van der Waals surface area contributed by atoms with Crippen molar-refractivity contribution in [2.75, 3.05) is 18.6 Å². The van der Waals surface area contributed by atoms with Gasteiger partial charge < -0.3 is 52.8 Å². The Morgan fingerprint density at radius 3 is 2.00 bits per heavy atom. The summed E-state index contributed by atoms with van der Waals surface area (Å²) in [7, 11) is 0. The monoisotopic (exact) mass is 741 g/mol. The van der Waals surface area contributed by atoms with Crippen molar-refractivity contribution >= 4 is 59.1 Å². The van der Waals surface area contributed by atoms with Crippen LogP contribution in [0.1, 0.15) is 59.6 Å². The summed E-state index contributed by atoms with van der Waals surface area (Å²) in [5.74, 6) is -8.02. The predicted octanol–water partition coefficient (Wildman–Crippen LogP) is -2.15. The lowest BCUT2D eigenvalue weighted by Crippen LogP contribution is -2.60. The maximum Gasteiger partial charge on any atom is 0.326 e. The molecule has 0 saturated carbocycles. The fourth-order valence-corrected chi connectivity index (χ4v) is 5.01. The van der Waals surface area contributed by atoms with E-state index in [1.807, 2.05) is 6.26 Å². The van der Waals surface area contributed by atoms with Crippen LogP contribution in [0.5, 0.6) is 0 Å². The van der Waals surface area contributed by atoms with E-state index in [9.17, 15) is 48.6 Å². The number of aliphatic carboxylic acids is 2. The van der Waals surface area contributed by atoms with E-state index in [0.717, 1.165) is 0 Å². The summed E-state index contributed by atoms with van der Waals surface area (Å²) < 4.78 is 0. The molecule has 0 fully saturated rings. The van der Waals surface area contributed by atoms with Crippen LogP contribution >= 0.6 is 11.8 Å². The smallest absolute Gasteiger partial charge is 0.326 e. The summed E-state index contributed by atoms with van der Waals surface area (Å²) in [4.78, 5) is 108. The number of carbonyl (C=O) groups excluding carboxylic acids is 6. The number of rotatable bonds is 23. The van der Waals surface area contributed by atoms with Gasteiger partial charge in [0.1, 0.15) is 30.2 Å². The number of amides is 6. The van der Waals surface area contributed by atoms with Gasteiger partial charge in [0.15, 0.2) is 0 Å². The minimum Gasteiger partial charge on any atom is -0.481 e. The highest BCUT2D eigenvalue weighted by molar-refractivity contribution is 7.98. The summed E-state index contributed by atoms with van der Waals surface area (Å²) >= 11 is 1.51. The molecule has 286 valence electrons. The SMILES string of the molecule is CC[C@H](C)[C@H](NC(=O)[C@H](Cc1cnc[nH]1)NC(=O)[C@H](CC(=O)O)NC(=O)[C@@H](NC(=O)CNC(=O)[C@H](C)NC(=O)[C@@H](N)CCSC)C(C)C)C(=O)O. The van der Waals surface area contributed by atoms with Gasteiger partial charge in [0.25, 0.3) is 0 Å².